The third-order valence-corrected chi connectivity index (χ3v) is 3.27. The molecule has 0 aliphatic carbocycles. The Morgan fingerprint density at radius 1 is 1.53 bits per heavy atom. The fourth-order valence-electron chi connectivity index (χ4n) is 2.37. The largest absolute Gasteiger partial charge is 0.371 e. The summed E-state index contributed by atoms with van der Waals surface area (Å²) in [5, 5.41) is 4.18. The topological polar surface area (TPSA) is 56.3 Å². The zero-order chi connectivity index (χ0) is 12.3. The van der Waals surface area contributed by atoms with Gasteiger partial charge in [-0.2, -0.15) is 5.10 Å². The van der Waals surface area contributed by atoms with Crippen LogP contribution in [0.15, 0.2) is 12.3 Å². The maximum Gasteiger partial charge on any atom is 0.0828 e. The van der Waals surface area contributed by atoms with E-state index in [-0.39, 0.29) is 12.2 Å². The Morgan fingerprint density at radius 3 is 3.00 bits per heavy atom. The summed E-state index contributed by atoms with van der Waals surface area (Å²) >= 11 is 0. The molecule has 0 aromatic carbocycles. The molecule has 1 aromatic rings. The summed E-state index contributed by atoms with van der Waals surface area (Å²) in [5.74, 6) is 0. The molecule has 1 fully saturated rings. The number of hydrogen-bond donors (Lipinski definition) is 1. The van der Waals surface area contributed by atoms with Crippen molar-refractivity contribution in [2.75, 3.05) is 26.2 Å². The highest BCUT2D eigenvalue weighted by Gasteiger charge is 2.23. The molecule has 0 saturated carbocycles. The van der Waals surface area contributed by atoms with E-state index in [0.717, 1.165) is 26.1 Å². The van der Waals surface area contributed by atoms with Crippen LogP contribution >= 0.6 is 0 Å². The van der Waals surface area contributed by atoms with Crippen LogP contribution in [-0.4, -0.2) is 53.1 Å². The molecule has 0 amide bonds. The molecule has 5 heteroatoms. The van der Waals surface area contributed by atoms with E-state index < -0.39 is 0 Å². The number of nitrogens with zero attached hydrogens (tertiary/aromatic N) is 3. The van der Waals surface area contributed by atoms with E-state index in [9.17, 15) is 0 Å². The van der Waals surface area contributed by atoms with Gasteiger partial charge in [0.1, 0.15) is 0 Å². The molecule has 1 aliphatic rings. The normalized spacial score (nSPS) is 26.3. The van der Waals surface area contributed by atoms with Gasteiger partial charge in [-0.3, -0.25) is 9.58 Å². The van der Waals surface area contributed by atoms with Crippen LogP contribution in [0.3, 0.4) is 0 Å². The van der Waals surface area contributed by atoms with Crippen molar-refractivity contribution in [3.05, 3.63) is 18.0 Å². The number of morpholine rings is 1. The SMILES string of the molecule is CC1CN(CCc2ccnn2C)CC(CN)O1. The summed E-state index contributed by atoms with van der Waals surface area (Å²) < 4.78 is 7.68. The highest BCUT2D eigenvalue weighted by atomic mass is 16.5. The summed E-state index contributed by atoms with van der Waals surface area (Å²) in [6.07, 6.45) is 3.34. The maximum absolute atomic E-state index is 5.74. The molecule has 2 unspecified atom stereocenters. The van der Waals surface area contributed by atoms with Crippen LogP contribution in [0.2, 0.25) is 0 Å². The second kappa shape index (κ2) is 5.62. The van der Waals surface area contributed by atoms with Gasteiger partial charge in [-0.1, -0.05) is 0 Å². The fraction of sp³-hybridized carbons (Fsp3) is 0.750. The summed E-state index contributed by atoms with van der Waals surface area (Å²) in [6.45, 7) is 5.70. The van der Waals surface area contributed by atoms with Gasteiger partial charge in [-0.15, -0.1) is 0 Å². The Hall–Kier alpha value is -0.910. The molecule has 2 rings (SSSR count). The van der Waals surface area contributed by atoms with Gasteiger partial charge < -0.3 is 10.5 Å². The van der Waals surface area contributed by atoms with E-state index in [1.165, 1.54) is 5.69 Å². The maximum atomic E-state index is 5.74. The van der Waals surface area contributed by atoms with Gasteiger partial charge in [-0.25, -0.2) is 0 Å². The first kappa shape index (κ1) is 12.5. The predicted molar refractivity (Wildman–Crippen MR) is 66.7 cm³/mol. The van der Waals surface area contributed by atoms with Gasteiger partial charge >= 0.3 is 0 Å². The van der Waals surface area contributed by atoms with Gasteiger partial charge in [0, 0.05) is 51.5 Å². The lowest BCUT2D eigenvalue weighted by atomic mass is 10.2. The van der Waals surface area contributed by atoms with Crippen LogP contribution in [0.25, 0.3) is 0 Å². The van der Waals surface area contributed by atoms with Crippen molar-refractivity contribution in [2.45, 2.75) is 25.6 Å². The van der Waals surface area contributed by atoms with E-state index in [2.05, 4.69) is 23.0 Å². The van der Waals surface area contributed by atoms with Crippen LogP contribution < -0.4 is 5.73 Å². The Morgan fingerprint density at radius 2 is 2.35 bits per heavy atom. The number of aryl methyl sites for hydroxylation is 1. The first-order valence-corrected chi connectivity index (χ1v) is 6.24. The van der Waals surface area contributed by atoms with Gasteiger partial charge in [-0.05, 0) is 13.0 Å². The summed E-state index contributed by atoms with van der Waals surface area (Å²) in [7, 11) is 1.99. The highest BCUT2D eigenvalue weighted by molar-refractivity contribution is 5.00. The Labute approximate surface area is 103 Å². The minimum absolute atomic E-state index is 0.185. The number of rotatable bonds is 4. The number of aromatic nitrogens is 2. The number of hydrogen-bond acceptors (Lipinski definition) is 4. The lowest BCUT2D eigenvalue weighted by Crippen LogP contribution is -2.49. The van der Waals surface area contributed by atoms with E-state index >= 15 is 0 Å². The molecular formula is C12H22N4O. The van der Waals surface area contributed by atoms with Crippen molar-refractivity contribution >= 4 is 0 Å². The summed E-state index contributed by atoms with van der Waals surface area (Å²) in [5.41, 5.74) is 6.95. The molecule has 2 N–H and O–H groups in total. The van der Waals surface area contributed by atoms with Gasteiger partial charge in [0.2, 0.25) is 0 Å². The Balaban J connectivity index is 1.84. The monoisotopic (exact) mass is 238 g/mol. The van der Waals surface area contributed by atoms with Gasteiger partial charge in [0.25, 0.3) is 0 Å². The van der Waals surface area contributed by atoms with Crippen molar-refractivity contribution in [1.82, 2.24) is 14.7 Å². The number of ether oxygens (including phenoxy) is 1. The molecule has 2 heterocycles. The standard InChI is InChI=1S/C12H22N4O/c1-10-8-16(9-12(7-13)17-10)6-4-11-3-5-14-15(11)2/h3,5,10,12H,4,6-9,13H2,1-2H3. The second-order valence-electron chi connectivity index (χ2n) is 4.76. The lowest BCUT2D eigenvalue weighted by molar-refractivity contribution is -0.0716. The molecule has 96 valence electrons. The molecule has 2 atom stereocenters. The van der Waals surface area contributed by atoms with Crippen LogP contribution in [0.4, 0.5) is 0 Å². The molecule has 0 spiro atoms. The molecule has 1 aromatic heterocycles. The minimum atomic E-state index is 0.185. The quantitative estimate of drug-likeness (QED) is 0.803. The first-order chi connectivity index (χ1) is 8.19. The van der Waals surface area contributed by atoms with E-state index in [0.29, 0.717) is 6.54 Å². The summed E-state index contributed by atoms with van der Waals surface area (Å²) in [6, 6.07) is 2.07. The van der Waals surface area contributed by atoms with Crippen LogP contribution in [0.1, 0.15) is 12.6 Å². The molecular weight excluding hydrogens is 216 g/mol. The average Bonchev–Trinajstić information content (AvgIpc) is 2.71. The predicted octanol–water partition coefficient (Wildman–Crippen LogP) is 0.0106. The molecule has 5 nitrogen and oxygen atoms in total. The van der Waals surface area contributed by atoms with Gasteiger partial charge in [0.15, 0.2) is 0 Å². The van der Waals surface area contributed by atoms with Gasteiger partial charge in [0.05, 0.1) is 12.2 Å². The van der Waals surface area contributed by atoms with Crippen molar-refractivity contribution in [3.8, 4) is 0 Å². The van der Waals surface area contributed by atoms with Crippen LogP contribution in [0.5, 0.6) is 0 Å². The van der Waals surface area contributed by atoms with E-state index in [4.69, 9.17) is 10.5 Å². The second-order valence-corrected chi connectivity index (χ2v) is 4.76. The third-order valence-electron chi connectivity index (χ3n) is 3.27. The lowest BCUT2D eigenvalue weighted by Gasteiger charge is -2.36. The first-order valence-electron chi connectivity index (χ1n) is 6.24. The fourth-order valence-corrected chi connectivity index (χ4v) is 2.37. The summed E-state index contributed by atoms with van der Waals surface area (Å²) in [4.78, 5) is 2.43. The van der Waals surface area contributed by atoms with Crippen molar-refractivity contribution < 1.29 is 4.74 Å². The molecule has 0 bridgehead atoms. The molecule has 1 saturated heterocycles. The Bertz CT molecular complexity index is 352. The Kier molecular flexibility index (Phi) is 4.15. The van der Waals surface area contributed by atoms with Crippen LogP contribution in [-0.2, 0) is 18.2 Å². The zero-order valence-electron chi connectivity index (χ0n) is 10.7. The molecule has 1 aliphatic heterocycles. The van der Waals surface area contributed by atoms with E-state index in [1.54, 1.807) is 0 Å². The average molecular weight is 238 g/mol. The van der Waals surface area contributed by atoms with E-state index in [1.807, 2.05) is 17.9 Å². The smallest absolute Gasteiger partial charge is 0.0828 e. The zero-order valence-corrected chi connectivity index (χ0v) is 10.7. The minimum Gasteiger partial charge on any atom is -0.371 e. The molecule has 0 radical (unpaired) electrons. The molecule has 17 heavy (non-hydrogen) atoms. The van der Waals surface area contributed by atoms with Crippen molar-refractivity contribution in [3.63, 3.8) is 0 Å². The van der Waals surface area contributed by atoms with Crippen molar-refractivity contribution in [2.24, 2.45) is 12.8 Å². The van der Waals surface area contributed by atoms with Crippen LogP contribution in [0, 0.1) is 0 Å². The third kappa shape index (κ3) is 3.28. The number of nitrogens with two attached hydrogens (primary N) is 1. The van der Waals surface area contributed by atoms with Crippen molar-refractivity contribution in [1.29, 1.82) is 0 Å². The highest BCUT2D eigenvalue weighted by Crippen LogP contribution is 2.11.